The molecule has 0 aromatic carbocycles. The quantitative estimate of drug-likeness (QED) is 0.161. The van der Waals surface area contributed by atoms with Gasteiger partial charge in [0.25, 0.3) is 5.91 Å². The highest BCUT2D eigenvalue weighted by atomic mass is 32.9. The summed E-state index contributed by atoms with van der Waals surface area (Å²) in [4.78, 5) is 37.8. The number of nitrogens with zero attached hydrogens (tertiary/aromatic N) is 6. The lowest BCUT2D eigenvalue weighted by Crippen LogP contribution is -2.70. The highest BCUT2D eigenvalue weighted by Gasteiger charge is 2.51. The first-order valence-corrected chi connectivity index (χ1v) is 19.5. The van der Waals surface area contributed by atoms with E-state index >= 15 is 0 Å². The second kappa shape index (κ2) is 11.4. The first-order valence-electron chi connectivity index (χ1n) is 13.2. The Bertz CT molecular complexity index is 1560. The van der Waals surface area contributed by atoms with Gasteiger partial charge in [-0.3, -0.25) is 20.8 Å². The first-order chi connectivity index (χ1) is 20.5. The largest absolute Gasteiger partial charge is 0.381 e. The zero-order chi connectivity index (χ0) is 30.1. The molecule has 11 atom stereocenters. The van der Waals surface area contributed by atoms with Crippen molar-refractivity contribution in [2.75, 3.05) is 18.9 Å². The average Bonchev–Trinajstić information content (AvgIpc) is 3.71. The summed E-state index contributed by atoms with van der Waals surface area (Å²) < 4.78 is 38.1. The molecule has 43 heavy (non-hydrogen) atoms. The molecule has 0 aliphatic carbocycles. The van der Waals surface area contributed by atoms with Crippen molar-refractivity contribution in [3.05, 3.63) is 18.2 Å². The van der Waals surface area contributed by atoms with Crippen LogP contribution in [0.25, 0.3) is 5.65 Å². The number of ether oxygens (including phenoxy) is 2. The fourth-order valence-corrected chi connectivity index (χ4v) is 9.21. The molecule has 1 amide bonds. The van der Waals surface area contributed by atoms with E-state index in [1.165, 1.54) is 17.2 Å². The van der Waals surface area contributed by atoms with Gasteiger partial charge in [0.15, 0.2) is 23.7 Å². The Morgan fingerprint density at radius 2 is 1.95 bits per heavy atom. The Morgan fingerprint density at radius 1 is 1.12 bits per heavy atom. The van der Waals surface area contributed by atoms with Gasteiger partial charge in [0.2, 0.25) is 5.69 Å². The number of imidazole rings is 1. The van der Waals surface area contributed by atoms with Crippen molar-refractivity contribution in [2.24, 2.45) is 10.7 Å². The van der Waals surface area contributed by atoms with Crippen LogP contribution in [0.15, 0.2) is 17.5 Å². The summed E-state index contributed by atoms with van der Waals surface area (Å²) in [5.74, 6) is -0.115. The van der Waals surface area contributed by atoms with Crippen molar-refractivity contribution in [3.8, 4) is 0 Å². The number of nitrogen functional groups attached to an aromatic ring is 1. The molecule has 0 saturated carbocycles. The molecule has 5 aliphatic rings. The van der Waals surface area contributed by atoms with E-state index in [1.807, 2.05) is 0 Å². The van der Waals surface area contributed by atoms with Crippen molar-refractivity contribution in [1.82, 2.24) is 35.1 Å². The predicted molar refractivity (Wildman–Crippen MR) is 159 cm³/mol. The van der Waals surface area contributed by atoms with Gasteiger partial charge in [0.05, 0.1) is 43.7 Å². The Labute approximate surface area is 259 Å². The third-order valence-corrected chi connectivity index (χ3v) is 11.4. The normalized spacial score (nSPS) is 43.5. The Kier molecular flexibility index (Phi) is 8.04. The number of carbonyl (C=O) groups is 1. The molecule has 2 aromatic rings. The third-order valence-electron chi connectivity index (χ3n) is 7.59. The van der Waals surface area contributed by atoms with Gasteiger partial charge in [-0.2, -0.15) is 5.10 Å². The molecule has 234 valence electrons. The molecule has 5 unspecified atom stereocenters. The van der Waals surface area contributed by atoms with Crippen LogP contribution < -0.4 is 22.1 Å². The predicted octanol–water partition coefficient (Wildman–Crippen LogP) is -1.16. The summed E-state index contributed by atoms with van der Waals surface area (Å²) in [5, 5.41) is 9.91. The van der Waals surface area contributed by atoms with Crippen molar-refractivity contribution in [3.63, 3.8) is 0 Å². The monoisotopic (exact) mass is 694 g/mol. The average molecular weight is 695 g/mol. The molecule has 5 aliphatic heterocycles. The highest BCUT2D eigenvalue weighted by Crippen LogP contribution is 2.58. The van der Waals surface area contributed by atoms with Crippen LogP contribution in [0, 0.1) is 0 Å². The van der Waals surface area contributed by atoms with Crippen molar-refractivity contribution < 1.29 is 37.3 Å². The topological polar surface area (TPSA) is 227 Å². The fourth-order valence-electron chi connectivity index (χ4n) is 5.71. The SMILES string of the molecule is Nc1ncnn2c([C@H]3C[C@@H]4OP(=S)(S)OC[C@@H]5C[C@@H](OP(O)(=S)OC[C@H]4O3)[C@H](N3C=NC4C(=O)NC(N)NC43)O5)cnc12. The number of carbonyl (C=O) groups excluding carboxylic acids is 1. The number of rotatable bonds is 2. The van der Waals surface area contributed by atoms with E-state index in [1.54, 1.807) is 11.1 Å². The number of fused-ring (bicyclic) bond motifs is 5. The highest BCUT2D eigenvalue weighted by molar-refractivity contribution is 8.60. The second-order valence-corrected chi connectivity index (χ2v) is 18.4. The molecule has 0 spiro atoms. The molecular formula is C20H28N10O8P2S3. The number of aromatic nitrogens is 4. The van der Waals surface area contributed by atoms with Crippen LogP contribution in [0.5, 0.6) is 0 Å². The first kappa shape index (κ1) is 30.2. The van der Waals surface area contributed by atoms with Gasteiger partial charge in [-0.1, -0.05) is 12.2 Å². The smallest absolute Gasteiger partial charge is 0.325 e. The number of hydrogen-bond donors (Lipinski definition) is 6. The lowest BCUT2D eigenvalue weighted by molar-refractivity contribution is -0.130. The van der Waals surface area contributed by atoms with Gasteiger partial charge in [0.1, 0.15) is 37.1 Å². The maximum Gasteiger partial charge on any atom is 0.325 e. The standard InChI is InChI=1S/C20H28N10O8P2S3/c21-15-17-23-3-9(30(17)26-6-24-15)10-2-11-13(36-10)5-33-39(32,41)37-12-1-8(4-34-40(42,43)38-11)35-19(12)29-7-25-14-16(29)27-20(22)28-18(14)31/h3,6-8,10-14,16,19-20,27H,1-2,4-5,22H2,(H,28,31)(H,32,41)(H,42,43)(H2,21,24,26)/t8-,10+,11-,12+,13+,14?,16?,19+,20?,39?/m0/s1. The maximum absolute atomic E-state index is 12.4. The number of hydrogen-bond acceptors (Lipinski definition) is 17. The Morgan fingerprint density at radius 3 is 2.79 bits per heavy atom. The van der Waals surface area contributed by atoms with E-state index in [2.05, 4.69) is 42.9 Å². The number of aliphatic imine (C=N–C) groups is 1. The molecule has 2 bridgehead atoms. The number of nitrogens with one attached hydrogen (secondary N) is 2. The molecule has 7 rings (SSSR count). The molecule has 2 aromatic heterocycles. The lowest BCUT2D eigenvalue weighted by Gasteiger charge is -2.39. The molecule has 23 heteroatoms. The maximum atomic E-state index is 12.4. The fraction of sp³-hybridized carbons (Fsp3) is 0.650. The van der Waals surface area contributed by atoms with Gasteiger partial charge >= 0.3 is 6.72 Å². The summed E-state index contributed by atoms with van der Waals surface area (Å²) in [6.07, 6.45) is -0.470. The van der Waals surface area contributed by atoms with Crippen LogP contribution in [0.2, 0.25) is 0 Å². The summed E-state index contributed by atoms with van der Waals surface area (Å²) in [6, 6.07) is -0.754. The molecule has 7 N–H and O–H groups in total. The summed E-state index contributed by atoms with van der Waals surface area (Å²) in [6.45, 7) is -4.02. The Balaban J connectivity index is 1.12. The lowest BCUT2D eigenvalue weighted by atomic mass is 10.1. The number of amides is 1. The third kappa shape index (κ3) is 5.97. The number of anilines is 1. The van der Waals surface area contributed by atoms with Crippen molar-refractivity contribution in [1.29, 1.82) is 0 Å². The van der Waals surface area contributed by atoms with Crippen LogP contribution in [0.3, 0.4) is 0 Å². The van der Waals surface area contributed by atoms with E-state index in [0.29, 0.717) is 17.8 Å². The van der Waals surface area contributed by atoms with Crippen LogP contribution >= 0.6 is 24.7 Å². The minimum absolute atomic E-state index is 0.0178. The molecule has 0 radical (unpaired) electrons. The zero-order valence-corrected chi connectivity index (χ0v) is 26.4. The van der Waals surface area contributed by atoms with Gasteiger partial charge < -0.3 is 48.4 Å². The van der Waals surface area contributed by atoms with Gasteiger partial charge in [-0.15, -0.1) is 0 Å². The number of nitrogens with two attached hydrogens (primary N) is 2. The van der Waals surface area contributed by atoms with E-state index < -0.39 is 67.7 Å². The molecule has 18 nitrogen and oxygen atoms in total. The summed E-state index contributed by atoms with van der Waals surface area (Å²) in [7, 11) is 0. The van der Waals surface area contributed by atoms with Crippen LogP contribution in [0.1, 0.15) is 24.6 Å². The van der Waals surface area contributed by atoms with E-state index in [0.717, 1.165) is 0 Å². The summed E-state index contributed by atoms with van der Waals surface area (Å²) in [5.41, 5.74) is 9.73. The van der Waals surface area contributed by atoms with Crippen molar-refractivity contribution in [2.45, 2.75) is 68.1 Å². The van der Waals surface area contributed by atoms with Gasteiger partial charge in [0, 0.05) is 12.8 Å². The molecular weight excluding hydrogens is 666 g/mol. The van der Waals surface area contributed by atoms with Crippen LogP contribution in [-0.4, -0.2) is 104 Å². The molecule has 7 heterocycles. The minimum atomic E-state index is -3.85. The van der Waals surface area contributed by atoms with Crippen LogP contribution in [-0.2, 0) is 56.0 Å². The minimum Gasteiger partial charge on any atom is -0.381 e. The van der Waals surface area contributed by atoms with E-state index in [-0.39, 0.29) is 31.4 Å². The van der Waals surface area contributed by atoms with Gasteiger partial charge in [-0.25, -0.2) is 14.5 Å². The molecule has 4 saturated heterocycles. The number of thiol groups is 1. The second-order valence-electron chi connectivity index (χ2n) is 10.4. The summed E-state index contributed by atoms with van der Waals surface area (Å²) >= 11 is 15.6. The van der Waals surface area contributed by atoms with Gasteiger partial charge in [-0.05, 0) is 23.6 Å². The molecule has 4 fully saturated rings. The Hall–Kier alpha value is -1.42. The zero-order valence-electron chi connectivity index (χ0n) is 22.1. The van der Waals surface area contributed by atoms with E-state index in [4.69, 9.17) is 62.6 Å². The van der Waals surface area contributed by atoms with Crippen LogP contribution in [0.4, 0.5) is 5.82 Å². The van der Waals surface area contributed by atoms with E-state index in [9.17, 15) is 9.69 Å². The van der Waals surface area contributed by atoms with Crippen molar-refractivity contribution >= 4 is 72.0 Å².